The van der Waals surface area contributed by atoms with Gasteiger partial charge in [-0.05, 0) is 60.4 Å². The van der Waals surface area contributed by atoms with E-state index in [0.717, 1.165) is 32.0 Å². The standard InChI is InChI=1S/C26H24O4/c27-18-19-4-6-20(7-5-19)25(29)30-24-14-10-22(11-15-24)26(16-2-1-3-17-26)21-8-12-23(28)13-9-21/h4-15,18,28H,1-3,16-17H2. The molecule has 0 atom stereocenters. The van der Waals surface area contributed by atoms with Gasteiger partial charge in [0.1, 0.15) is 17.8 Å². The fourth-order valence-corrected chi connectivity index (χ4v) is 4.39. The number of carbonyl (C=O) groups is 2. The van der Waals surface area contributed by atoms with E-state index in [-0.39, 0.29) is 11.2 Å². The highest BCUT2D eigenvalue weighted by Crippen LogP contribution is 2.45. The van der Waals surface area contributed by atoms with Gasteiger partial charge in [-0.15, -0.1) is 0 Å². The predicted molar refractivity (Wildman–Crippen MR) is 115 cm³/mol. The molecule has 4 rings (SSSR count). The Hall–Kier alpha value is -3.40. The van der Waals surface area contributed by atoms with Crippen molar-refractivity contribution in [1.82, 2.24) is 0 Å². The Morgan fingerprint density at radius 3 is 1.93 bits per heavy atom. The number of aromatic hydroxyl groups is 1. The molecule has 1 aliphatic rings. The lowest BCUT2D eigenvalue weighted by Crippen LogP contribution is -2.30. The van der Waals surface area contributed by atoms with Crippen molar-refractivity contribution in [2.45, 2.75) is 37.5 Å². The highest BCUT2D eigenvalue weighted by Gasteiger charge is 2.35. The molecular formula is C26H24O4. The van der Waals surface area contributed by atoms with Gasteiger partial charge in [0.15, 0.2) is 0 Å². The van der Waals surface area contributed by atoms with Crippen LogP contribution in [0, 0.1) is 0 Å². The average Bonchev–Trinajstić information content (AvgIpc) is 2.80. The first-order chi connectivity index (χ1) is 14.6. The number of benzene rings is 3. The summed E-state index contributed by atoms with van der Waals surface area (Å²) >= 11 is 0. The van der Waals surface area contributed by atoms with Crippen LogP contribution in [0.25, 0.3) is 0 Å². The second kappa shape index (κ2) is 8.54. The molecule has 3 aromatic carbocycles. The first-order valence-corrected chi connectivity index (χ1v) is 10.3. The molecule has 30 heavy (non-hydrogen) atoms. The predicted octanol–water partition coefficient (Wildman–Crippen LogP) is 5.67. The minimum absolute atomic E-state index is 0.0842. The van der Waals surface area contributed by atoms with E-state index in [4.69, 9.17) is 4.74 Å². The fourth-order valence-electron chi connectivity index (χ4n) is 4.39. The SMILES string of the molecule is O=Cc1ccc(C(=O)Oc2ccc(C3(c4ccc(O)cc4)CCCCC3)cc2)cc1. The van der Waals surface area contributed by atoms with Crippen molar-refractivity contribution >= 4 is 12.3 Å². The van der Waals surface area contributed by atoms with Crippen molar-refractivity contribution in [2.24, 2.45) is 0 Å². The maximum atomic E-state index is 12.4. The van der Waals surface area contributed by atoms with Gasteiger partial charge in [0.25, 0.3) is 0 Å². The number of hydrogen-bond donors (Lipinski definition) is 1. The van der Waals surface area contributed by atoms with Gasteiger partial charge >= 0.3 is 5.97 Å². The van der Waals surface area contributed by atoms with Gasteiger partial charge in [0.05, 0.1) is 5.56 Å². The minimum atomic E-state index is -0.453. The summed E-state index contributed by atoms with van der Waals surface area (Å²) in [5, 5.41) is 9.69. The van der Waals surface area contributed by atoms with Crippen molar-refractivity contribution in [1.29, 1.82) is 0 Å². The number of ether oxygens (including phenoxy) is 1. The number of aldehydes is 1. The van der Waals surface area contributed by atoms with E-state index < -0.39 is 5.97 Å². The van der Waals surface area contributed by atoms with Gasteiger partial charge in [-0.2, -0.15) is 0 Å². The van der Waals surface area contributed by atoms with E-state index in [1.165, 1.54) is 17.5 Å². The van der Waals surface area contributed by atoms with E-state index in [0.29, 0.717) is 16.9 Å². The zero-order valence-electron chi connectivity index (χ0n) is 16.7. The lowest BCUT2D eigenvalue weighted by Gasteiger charge is -2.38. The molecule has 152 valence electrons. The fraction of sp³-hybridized carbons (Fsp3) is 0.231. The van der Waals surface area contributed by atoms with Crippen LogP contribution >= 0.6 is 0 Å². The Balaban J connectivity index is 1.56. The molecule has 0 unspecified atom stereocenters. The molecule has 4 heteroatoms. The van der Waals surface area contributed by atoms with Gasteiger partial charge in [0, 0.05) is 11.0 Å². The number of esters is 1. The van der Waals surface area contributed by atoms with Gasteiger partial charge in [-0.25, -0.2) is 4.79 Å². The van der Waals surface area contributed by atoms with Crippen LogP contribution in [0.15, 0.2) is 72.8 Å². The molecule has 0 bridgehead atoms. The lowest BCUT2D eigenvalue weighted by molar-refractivity contribution is 0.0734. The molecule has 0 saturated heterocycles. The number of rotatable bonds is 5. The molecule has 0 aliphatic heterocycles. The Morgan fingerprint density at radius 2 is 1.37 bits per heavy atom. The van der Waals surface area contributed by atoms with Crippen molar-refractivity contribution in [2.75, 3.05) is 0 Å². The molecule has 1 saturated carbocycles. The molecule has 0 heterocycles. The summed E-state index contributed by atoms with van der Waals surface area (Å²) < 4.78 is 5.51. The summed E-state index contributed by atoms with van der Waals surface area (Å²) in [4.78, 5) is 23.1. The Bertz CT molecular complexity index is 1010. The van der Waals surface area contributed by atoms with E-state index in [1.807, 2.05) is 36.4 Å². The Kier molecular flexibility index (Phi) is 5.66. The van der Waals surface area contributed by atoms with Gasteiger partial charge in [0.2, 0.25) is 0 Å². The van der Waals surface area contributed by atoms with Crippen LogP contribution in [-0.2, 0) is 5.41 Å². The third-order valence-corrected chi connectivity index (χ3v) is 6.03. The lowest BCUT2D eigenvalue weighted by atomic mass is 9.65. The van der Waals surface area contributed by atoms with Gasteiger partial charge in [-0.3, -0.25) is 4.79 Å². The highest BCUT2D eigenvalue weighted by atomic mass is 16.5. The summed E-state index contributed by atoms with van der Waals surface area (Å²) in [5.41, 5.74) is 3.24. The molecule has 1 fully saturated rings. The number of phenolic OH excluding ortho intramolecular Hbond substituents is 1. The van der Waals surface area contributed by atoms with E-state index in [1.54, 1.807) is 36.4 Å². The van der Waals surface area contributed by atoms with Gasteiger partial charge < -0.3 is 9.84 Å². The summed E-state index contributed by atoms with van der Waals surface area (Å²) in [6.45, 7) is 0. The summed E-state index contributed by atoms with van der Waals surface area (Å²) in [7, 11) is 0. The molecule has 1 N–H and O–H groups in total. The molecule has 0 aromatic heterocycles. The zero-order chi connectivity index (χ0) is 21.0. The van der Waals surface area contributed by atoms with Crippen LogP contribution in [0.2, 0.25) is 0 Å². The van der Waals surface area contributed by atoms with Crippen molar-refractivity contribution in [3.63, 3.8) is 0 Å². The maximum absolute atomic E-state index is 12.4. The van der Waals surface area contributed by atoms with Crippen molar-refractivity contribution in [3.8, 4) is 11.5 Å². The average molecular weight is 400 g/mol. The van der Waals surface area contributed by atoms with Crippen molar-refractivity contribution in [3.05, 3.63) is 95.1 Å². The summed E-state index contributed by atoms with van der Waals surface area (Å²) in [6.07, 6.45) is 6.41. The van der Waals surface area contributed by atoms with Crippen LogP contribution in [-0.4, -0.2) is 17.4 Å². The third kappa shape index (κ3) is 3.99. The quantitative estimate of drug-likeness (QED) is 0.340. The van der Waals surface area contributed by atoms with Gasteiger partial charge in [-0.1, -0.05) is 55.7 Å². The molecule has 0 amide bonds. The van der Waals surface area contributed by atoms with E-state index >= 15 is 0 Å². The molecule has 1 aliphatic carbocycles. The third-order valence-electron chi connectivity index (χ3n) is 6.03. The number of carbonyl (C=O) groups excluding carboxylic acids is 2. The van der Waals surface area contributed by atoms with E-state index in [2.05, 4.69) is 0 Å². The van der Waals surface area contributed by atoms with E-state index in [9.17, 15) is 14.7 Å². The maximum Gasteiger partial charge on any atom is 0.343 e. The minimum Gasteiger partial charge on any atom is -0.508 e. The summed E-state index contributed by atoms with van der Waals surface area (Å²) in [6, 6.07) is 21.6. The second-order valence-electron chi connectivity index (χ2n) is 7.84. The molecule has 4 nitrogen and oxygen atoms in total. The highest BCUT2D eigenvalue weighted by molar-refractivity contribution is 5.91. The zero-order valence-corrected chi connectivity index (χ0v) is 16.7. The van der Waals surface area contributed by atoms with Crippen LogP contribution in [0.3, 0.4) is 0 Å². The normalized spacial score (nSPS) is 15.3. The van der Waals surface area contributed by atoms with Crippen molar-refractivity contribution < 1.29 is 19.4 Å². The summed E-state index contributed by atoms with van der Waals surface area (Å²) in [5.74, 6) is 0.305. The van der Waals surface area contributed by atoms with Crippen LogP contribution < -0.4 is 4.74 Å². The molecule has 0 radical (unpaired) electrons. The molecule has 3 aromatic rings. The van der Waals surface area contributed by atoms with Crippen LogP contribution in [0.4, 0.5) is 0 Å². The smallest absolute Gasteiger partial charge is 0.343 e. The monoisotopic (exact) mass is 400 g/mol. The Labute approximate surface area is 176 Å². The van der Waals surface area contributed by atoms with Crippen LogP contribution in [0.1, 0.15) is 63.9 Å². The van der Waals surface area contributed by atoms with Crippen LogP contribution in [0.5, 0.6) is 11.5 Å². The molecular weight excluding hydrogens is 376 g/mol. The molecule has 0 spiro atoms. The number of hydrogen-bond acceptors (Lipinski definition) is 4. The first-order valence-electron chi connectivity index (χ1n) is 10.3. The first kappa shape index (κ1) is 19.9. The number of phenols is 1. The second-order valence-corrected chi connectivity index (χ2v) is 7.84. The largest absolute Gasteiger partial charge is 0.508 e. The Morgan fingerprint density at radius 1 is 0.800 bits per heavy atom. The topological polar surface area (TPSA) is 63.6 Å².